The average Bonchev–Trinajstić information content (AvgIpc) is 2.82. The highest BCUT2D eigenvalue weighted by atomic mass is 32.2. The molecule has 0 aliphatic rings. The summed E-state index contributed by atoms with van der Waals surface area (Å²) in [4.78, 5) is 45.7. The largest absolute Gasteiger partial charge is 0.469 e. The number of hydrogen-bond acceptors (Lipinski definition) is 7. The number of esters is 1. The molecule has 174 valence electrons. The molecule has 3 rings (SSSR count). The molecule has 0 spiro atoms. The molecule has 9 heteroatoms. The van der Waals surface area contributed by atoms with E-state index in [1.54, 1.807) is 30.1 Å². The highest BCUT2D eigenvalue weighted by Crippen LogP contribution is 2.19. The Morgan fingerprint density at radius 1 is 1.06 bits per heavy atom. The predicted molar refractivity (Wildman–Crippen MR) is 131 cm³/mol. The van der Waals surface area contributed by atoms with Crippen molar-refractivity contribution in [1.29, 1.82) is 0 Å². The van der Waals surface area contributed by atoms with E-state index in [-0.39, 0.29) is 30.2 Å². The molecule has 0 aliphatic heterocycles. The Morgan fingerprint density at radius 2 is 1.76 bits per heavy atom. The number of carbonyl (C=O) groups excluding carboxylic acids is 2. The van der Waals surface area contributed by atoms with Crippen molar-refractivity contribution in [3.05, 3.63) is 64.4 Å². The Labute approximate surface area is 197 Å². The van der Waals surface area contributed by atoms with Gasteiger partial charge in [0.25, 0.3) is 5.56 Å². The van der Waals surface area contributed by atoms with Crippen LogP contribution in [0.4, 0.5) is 5.69 Å². The van der Waals surface area contributed by atoms with Crippen LogP contribution in [0.3, 0.4) is 0 Å². The first-order valence-electron chi connectivity index (χ1n) is 10.5. The smallest absolute Gasteiger partial charge is 0.307 e. The number of fused-ring (bicyclic) bond motifs is 1. The number of benzene rings is 2. The summed E-state index contributed by atoms with van der Waals surface area (Å²) in [6.45, 7) is 0.612. The molecule has 0 unspecified atom stereocenters. The van der Waals surface area contributed by atoms with Crippen molar-refractivity contribution in [2.75, 3.05) is 38.9 Å². The van der Waals surface area contributed by atoms with Crippen molar-refractivity contribution in [2.45, 2.75) is 24.7 Å². The second-order valence-corrected chi connectivity index (χ2v) is 8.74. The van der Waals surface area contributed by atoms with E-state index in [0.717, 1.165) is 11.3 Å². The van der Waals surface area contributed by atoms with Gasteiger partial charge in [-0.15, -0.1) is 0 Å². The number of anilines is 1. The molecule has 0 saturated carbocycles. The minimum Gasteiger partial charge on any atom is -0.469 e. The quantitative estimate of drug-likeness (QED) is 0.271. The molecule has 0 N–H and O–H groups in total. The van der Waals surface area contributed by atoms with Gasteiger partial charge in [-0.05, 0) is 29.8 Å². The first kappa shape index (κ1) is 24.3. The molecule has 8 nitrogen and oxygen atoms in total. The van der Waals surface area contributed by atoms with Gasteiger partial charge in [-0.3, -0.25) is 19.0 Å². The molecule has 0 aliphatic carbocycles. The van der Waals surface area contributed by atoms with Gasteiger partial charge < -0.3 is 14.5 Å². The van der Waals surface area contributed by atoms with Crippen LogP contribution in [0.25, 0.3) is 10.9 Å². The van der Waals surface area contributed by atoms with Crippen LogP contribution >= 0.6 is 11.8 Å². The lowest BCUT2D eigenvalue weighted by Gasteiger charge is -2.19. The minimum absolute atomic E-state index is 0.0424. The van der Waals surface area contributed by atoms with Gasteiger partial charge in [0.05, 0.1) is 30.2 Å². The number of para-hydroxylation sites is 1. The lowest BCUT2D eigenvalue weighted by molar-refractivity contribution is -0.140. The molecule has 3 aromatic rings. The van der Waals surface area contributed by atoms with Gasteiger partial charge in [-0.2, -0.15) is 0 Å². The van der Waals surface area contributed by atoms with E-state index >= 15 is 0 Å². The molecular formula is C24H28N4O4S. The number of methoxy groups -OCH3 is 1. The van der Waals surface area contributed by atoms with Crippen LogP contribution in [0.5, 0.6) is 0 Å². The average molecular weight is 469 g/mol. The van der Waals surface area contributed by atoms with Crippen LogP contribution in [0.2, 0.25) is 0 Å². The summed E-state index contributed by atoms with van der Waals surface area (Å²) in [5, 5.41) is 0.871. The van der Waals surface area contributed by atoms with E-state index < -0.39 is 5.97 Å². The third-order valence-corrected chi connectivity index (χ3v) is 6.18. The summed E-state index contributed by atoms with van der Waals surface area (Å²) >= 11 is 1.19. The van der Waals surface area contributed by atoms with Crippen molar-refractivity contribution < 1.29 is 14.3 Å². The number of amides is 1. The fraction of sp³-hybridized carbons (Fsp3) is 0.333. The topological polar surface area (TPSA) is 84.7 Å². The second-order valence-electron chi connectivity index (χ2n) is 7.79. The number of thioether (sulfide) groups is 1. The van der Waals surface area contributed by atoms with Crippen molar-refractivity contribution >= 4 is 40.2 Å². The Balaban J connectivity index is 1.74. The van der Waals surface area contributed by atoms with Gasteiger partial charge in [0, 0.05) is 39.9 Å². The summed E-state index contributed by atoms with van der Waals surface area (Å²) < 4.78 is 6.14. The van der Waals surface area contributed by atoms with E-state index in [1.807, 2.05) is 49.3 Å². The van der Waals surface area contributed by atoms with Crippen LogP contribution < -0.4 is 10.5 Å². The number of nitrogens with zero attached hydrogens (tertiary/aromatic N) is 4. The van der Waals surface area contributed by atoms with E-state index in [2.05, 4.69) is 4.98 Å². The summed E-state index contributed by atoms with van der Waals surface area (Å²) in [6, 6.07) is 15.1. The maximum absolute atomic E-state index is 13.0. The Morgan fingerprint density at radius 3 is 2.42 bits per heavy atom. The van der Waals surface area contributed by atoms with Gasteiger partial charge in [0.1, 0.15) is 0 Å². The summed E-state index contributed by atoms with van der Waals surface area (Å²) in [7, 11) is 7.02. The van der Waals surface area contributed by atoms with Crippen LogP contribution in [0.1, 0.15) is 12.0 Å². The van der Waals surface area contributed by atoms with Gasteiger partial charge in [0.15, 0.2) is 5.16 Å². The fourth-order valence-electron chi connectivity index (χ4n) is 3.26. The SMILES string of the molecule is COC(=O)CCn1c(SCC(=O)N(C)Cc2ccc(N(C)C)cc2)nc2ccccc2c1=O. The molecule has 1 aromatic heterocycles. The van der Waals surface area contributed by atoms with Gasteiger partial charge in [-0.25, -0.2) is 4.98 Å². The van der Waals surface area contributed by atoms with Gasteiger partial charge in [-0.1, -0.05) is 36.0 Å². The third-order valence-electron chi connectivity index (χ3n) is 5.22. The minimum atomic E-state index is -0.415. The first-order chi connectivity index (χ1) is 15.8. The number of rotatable bonds is 9. The van der Waals surface area contributed by atoms with Crippen LogP contribution in [0.15, 0.2) is 58.5 Å². The standard InChI is InChI=1S/C24H28N4O4S/c1-26(2)18-11-9-17(10-12-18)15-27(3)21(29)16-33-24-25-20-8-6-5-7-19(20)23(31)28(24)14-13-22(30)32-4/h5-12H,13-16H2,1-4H3. The molecule has 0 fully saturated rings. The molecule has 0 bridgehead atoms. The zero-order valence-electron chi connectivity index (χ0n) is 19.3. The maximum Gasteiger partial charge on any atom is 0.307 e. The number of hydrogen-bond donors (Lipinski definition) is 0. The molecule has 0 atom stereocenters. The zero-order valence-corrected chi connectivity index (χ0v) is 20.1. The first-order valence-corrected chi connectivity index (χ1v) is 11.5. The monoisotopic (exact) mass is 468 g/mol. The summed E-state index contributed by atoms with van der Waals surface area (Å²) in [5.41, 5.74) is 2.44. The van der Waals surface area contributed by atoms with Crippen LogP contribution in [-0.2, 0) is 27.4 Å². The Hall–Kier alpha value is -3.33. The number of aromatic nitrogens is 2. The molecule has 1 amide bonds. The summed E-state index contributed by atoms with van der Waals surface area (Å²) in [6.07, 6.45) is 0.0424. The van der Waals surface area contributed by atoms with Gasteiger partial charge >= 0.3 is 5.97 Å². The zero-order chi connectivity index (χ0) is 24.0. The molecule has 0 saturated heterocycles. The van der Waals surface area contributed by atoms with E-state index in [4.69, 9.17) is 4.74 Å². The van der Waals surface area contributed by atoms with Gasteiger partial charge in [0.2, 0.25) is 5.91 Å². The molecule has 1 heterocycles. The fourth-order valence-corrected chi connectivity index (χ4v) is 4.22. The Bertz CT molecular complexity index is 1190. The van der Waals surface area contributed by atoms with Crippen molar-refractivity contribution in [1.82, 2.24) is 14.5 Å². The molecule has 2 aromatic carbocycles. The van der Waals surface area contributed by atoms with Crippen molar-refractivity contribution in [3.8, 4) is 0 Å². The van der Waals surface area contributed by atoms with E-state index in [0.29, 0.717) is 22.6 Å². The van der Waals surface area contributed by atoms with Crippen LogP contribution in [-0.4, -0.2) is 60.3 Å². The molecule has 0 radical (unpaired) electrons. The Kier molecular flexibility index (Phi) is 8.11. The van der Waals surface area contributed by atoms with E-state index in [1.165, 1.54) is 23.4 Å². The van der Waals surface area contributed by atoms with Crippen LogP contribution in [0, 0.1) is 0 Å². The predicted octanol–water partition coefficient (Wildman–Crippen LogP) is 2.78. The highest BCUT2D eigenvalue weighted by Gasteiger charge is 2.16. The molecular weight excluding hydrogens is 440 g/mol. The van der Waals surface area contributed by atoms with Crippen molar-refractivity contribution in [2.24, 2.45) is 0 Å². The lowest BCUT2D eigenvalue weighted by Crippen LogP contribution is -2.29. The highest BCUT2D eigenvalue weighted by molar-refractivity contribution is 7.99. The second kappa shape index (κ2) is 11.0. The number of ether oxygens (including phenoxy) is 1. The van der Waals surface area contributed by atoms with E-state index in [9.17, 15) is 14.4 Å². The third kappa shape index (κ3) is 6.13. The molecule has 33 heavy (non-hydrogen) atoms. The summed E-state index contributed by atoms with van der Waals surface area (Å²) in [5.74, 6) is -0.379. The normalized spacial score (nSPS) is 10.8. The number of carbonyl (C=O) groups is 2. The maximum atomic E-state index is 13.0. The lowest BCUT2D eigenvalue weighted by atomic mass is 10.2. The van der Waals surface area contributed by atoms with Crippen molar-refractivity contribution in [3.63, 3.8) is 0 Å².